The summed E-state index contributed by atoms with van der Waals surface area (Å²) in [5.41, 5.74) is 4.35. The number of anilines is 1. The highest BCUT2D eigenvalue weighted by molar-refractivity contribution is 9.10. The van der Waals surface area contributed by atoms with Gasteiger partial charge in [-0.05, 0) is 36.2 Å². The fourth-order valence-corrected chi connectivity index (χ4v) is 3.95. The van der Waals surface area contributed by atoms with E-state index in [1.54, 1.807) is 11.0 Å². The Morgan fingerprint density at radius 1 is 1.16 bits per heavy atom. The lowest BCUT2D eigenvalue weighted by Gasteiger charge is -2.21. The van der Waals surface area contributed by atoms with Crippen LogP contribution in [0.3, 0.4) is 0 Å². The van der Waals surface area contributed by atoms with Crippen molar-refractivity contribution in [3.05, 3.63) is 70.2 Å². The van der Waals surface area contributed by atoms with Crippen molar-refractivity contribution < 1.29 is 9.59 Å². The van der Waals surface area contributed by atoms with Crippen molar-refractivity contribution in [1.29, 1.82) is 0 Å². The first-order chi connectivity index (χ1) is 12.1. The van der Waals surface area contributed by atoms with Crippen LogP contribution in [0.25, 0.3) is 5.70 Å². The van der Waals surface area contributed by atoms with Gasteiger partial charge in [0.25, 0.3) is 5.91 Å². The second kappa shape index (κ2) is 6.15. The minimum Gasteiger partial charge on any atom is -0.312 e. The summed E-state index contributed by atoms with van der Waals surface area (Å²) in [6.07, 6.45) is 1.15. The Bertz CT molecular complexity index is 871. The zero-order valence-corrected chi connectivity index (χ0v) is 15.3. The van der Waals surface area contributed by atoms with E-state index in [0.29, 0.717) is 24.4 Å². The highest BCUT2D eigenvalue weighted by Crippen LogP contribution is 2.33. The van der Waals surface area contributed by atoms with Gasteiger partial charge in [0.15, 0.2) is 0 Å². The van der Waals surface area contributed by atoms with Gasteiger partial charge in [0, 0.05) is 46.5 Å². The fourth-order valence-electron chi connectivity index (χ4n) is 3.54. The maximum absolute atomic E-state index is 12.7. The van der Waals surface area contributed by atoms with Crippen molar-refractivity contribution in [1.82, 2.24) is 4.90 Å². The van der Waals surface area contributed by atoms with Gasteiger partial charge in [0.1, 0.15) is 0 Å². The summed E-state index contributed by atoms with van der Waals surface area (Å²) < 4.78 is 1.03. The molecule has 126 valence electrons. The zero-order chi connectivity index (χ0) is 17.6. The van der Waals surface area contributed by atoms with Gasteiger partial charge in [0.2, 0.25) is 5.91 Å². The van der Waals surface area contributed by atoms with Gasteiger partial charge in [-0.2, -0.15) is 0 Å². The number of hydrogen-bond donors (Lipinski definition) is 0. The van der Waals surface area contributed by atoms with E-state index < -0.39 is 0 Å². The van der Waals surface area contributed by atoms with Crippen LogP contribution in [0.5, 0.6) is 0 Å². The zero-order valence-electron chi connectivity index (χ0n) is 13.7. The summed E-state index contributed by atoms with van der Waals surface area (Å²) in [6.45, 7) is 5.07. The lowest BCUT2D eigenvalue weighted by molar-refractivity contribution is -0.118. The number of halogens is 1. The van der Waals surface area contributed by atoms with Crippen LogP contribution in [0.4, 0.5) is 5.69 Å². The molecule has 2 aliphatic heterocycles. The van der Waals surface area contributed by atoms with Crippen LogP contribution in [-0.4, -0.2) is 29.8 Å². The van der Waals surface area contributed by atoms with Crippen LogP contribution >= 0.6 is 15.9 Å². The van der Waals surface area contributed by atoms with E-state index in [-0.39, 0.29) is 18.2 Å². The molecule has 0 spiro atoms. The molecule has 2 heterocycles. The molecular formula is C20H17BrN2O2. The van der Waals surface area contributed by atoms with Gasteiger partial charge in [0.05, 0.1) is 0 Å². The van der Waals surface area contributed by atoms with E-state index in [1.807, 2.05) is 35.2 Å². The summed E-state index contributed by atoms with van der Waals surface area (Å²) in [6, 6.07) is 13.4. The molecule has 0 saturated carbocycles. The maximum Gasteiger partial charge on any atom is 0.258 e. The number of hydrogen-bond acceptors (Lipinski definition) is 2. The first-order valence-corrected chi connectivity index (χ1v) is 9.04. The molecule has 0 bridgehead atoms. The third kappa shape index (κ3) is 2.68. The first kappa shape index (κ1) is 16.1. The molecule has 0 saturated heterocycles. The van der Waals surface area contributed by atoms with Crippen molar-refractivity contribution in [3.8, 4) is 0 Å². The molecule has 2 amide bonds. The highest BCUT2D eigenvalue weighted by atomic mass is 79.9. The largest absolute Gasteiger partial charge is 0.312 e. The smallest absolute Gasteiger partial charge is 0.258 e. The molecule has 0 fully saturated rings. The third-order valence-electron chi connectivity index (χ3n) is 4.83. The lowest BCUT2D eigenvalue weighted by atomic mass is 10.1. The van der Waals surface area contributed by atoms with Crippen LogP contribution in [0, 0.1) is 0 Å². The molecule has 2 aromatic rings. The first-order valence-electron chi connectivity index (χ1n) is 8.25. The summed E-state index contributed by atoms with van der Waals surface area (Å²) in [4.78, 5) is 28.6. The van der Waals surface area contributed by atoms with Gasteiger partial charge in [-0.15, -0.1) is 0 Å². The van der Waals surface area contributed by atoms with Crippen molar-refractivity contribution >= 4 is 39.1 Å². The van der Waals surface area contributed by atoms with Gasteiger partial charge in [-0.25, -0.2) is 0 Å². The van der Waals surface area contributed by atoms with Crippen LogP contribution in [-0.2, 0) is 11.2 Å². The van der Waals surface area contributed by atoms with E-state index in [2.05, 4.69) is 28.6 Å². The van der Waals surface area contributed by atoms with Crippen LogP contribution in [0.2, 0.25) is 0 Å². The summed E-state index contributed by atoms with van der Waals surface area (Å²) in [5, 5.41) is 0. The Balaban J connectivity index is 1.46. The number of benzene rings is 2. The molecule has 25 heavy (non-hydrogen) atoms. The molecule has 4 rings (SSSR count). The van der Waals surface area contributed by atoms with Crippen molar-refractivity contribution in [2.75, 3.05) is 18.0 Å². The van der Waals surface area contributed by atoms with E-state index in [0.717, 1.165) is 22.1 Å². The molecule has 5 heteroatoms. The number of amides is 2. The Kier molecular flexibility index (Phi) is 3.96. The monoisotopic (exact) mass is 396 g/mol. The number of carbonyl (C=O) groups excluding carboxylic acids is 2. The Hall–Kier alpha value is -2.40. The molecule has 0 N–H and O–H groups in total. The van der Waals surface area contributed by atoms with Gasteiger partial charge in [-0.3, -0.25) is 9.59 Å². The van der Waals surface area contributed by atoms with Crippen molar-refractivity contribution in [3.63, 3.8) is 0 Å². The van der Waals surface area contributed by atoms with E-state index >= 15 is 0 Å². The number of nitrogens with zero attached hydrogens (tertiary/aromatic N) is 2. The normalized spacial score (nSPS) is 15.6. The SMILES string of the molecule is C=C1c2ccccc2C(=O)N1CCC(=O)N1CCc2cc(Br)ccc21. The standard InChI is InChI=1S/C20H17BrN2O2/c1-13-16-4-2-3-5-17(16)20(25)22(13)11-9-19(24)23-10-8-14-12-15(21)6-7-18(14)23/h2-7,12H,1,8-11H2. The molecule has 0 unspecified atom stereocenters. The molecule has 2 aliphatic rings. The highest BCUT2D eigenvalue weighted by Gasteiger charge is 2.32. The Morgan fingerprint density at radius 3 is 2.68 bits per heavy atom. The van der Waals surface area contributed by atoms with Gasteiger partial charge >= 0.3 is 0 Å². The number of fused-ring (bicyclic) bond motifs is 2. The Labute approximate surface area is 154 Å². The quantitative estimate of drug-likeness (QED) is 0.790. The minimum atomic E-state index is -0.0702. The summed E-state index contributed by atoms with van der Waals surface area (Å²) >= 11 is 3.47. The van der Waals surface area contributed by atoms with E-state index in [4.69, 9.17) is 0 Å². The average molecular weight is 397 g/mol. The van der Waals surface area contributed by atoms with Crippen molar-refractivity contribution in [2.24, 2.45) is 0 Å². The number of carbonyl (C=O) groups is 2. The third-order valence-corrected chi connectivity index (χ3v) is 5.32. The summed E-state index contributed by atoms with van der Waals surface area (Å²) in [7, 11) is 0. The molecular weight excluding hydrogens is 380 g/mol. The van der Waals surface area contributed by atoms with Gasteiger partial charge < -0.3 is 9.80 Å². The van der Waals surface area contributed by atoms with Crippen LogP contribution in [0.1, 0.15) is 27.9 Å². The van der Waals surface area contributed by atoms with Gasteiger partial charge in [-0.1, -0.05) is 40.7 Å². The van der Waals surface area contributed by atoms with Crippen LogP contribution in [0.15, 0.2) is 53.5 Å². The van der Waals surface area contributed by atoms with Crippen LogP contribution < -0.4 is 4.90 Å². The molecule has 4 nitrogen and oxygen atoms in total. The van der Waals surface area contributed by atoms with E-state index in [1.165, 1.54) is 5.56 Å². The second-order valence-corrected chi connectivity index (χ2v) is 7.18. The minimum absolute atomic E-state index is 0.0395. The average Bonchev–Trinajstić information content (AvgIpc) is 3.13. The second-order valence-electron chi connectivity index (χ2n) is 6.27. The predicted octanol–water partition coefficient (Wildman–Crippen LogP) is 3.86. The molecule has 0 atom stereocenters. The molecule has 0 radical (unpaired) electrons. The molecule has 2 aromatic carbocycles. The molecule has 0 aliphatic carbocycles. The maximum atomic E-state index is 12.7. The molecule has 0 aromatic heterocycles. The number of rotatable bonds is 3. The summed E-state index contributed by atoms with van der Waals surface area (Å²) in [5.74, 6) is -0.0308. The topological polar surface area (TPSA) is 40.6 Å². The van der Waals surface area contributed by atoms with E-state index in [9.17, 15) is 9.59 Å². The predicted molar refractivity (Wildman–Crippen MR) is 101 cm³/mol. The lowest BCUT2D eigenvalue weighted by Crippen LogP contribution is -2.33. The van der Waals surface area contributed by atoms with Crippen molar-refractivity contribution in [2.45, 2.75) is 12.8 Å². The Morgan fingerprint density at radius 2 is 1.92 bits per heavy atom. The fraction of sp³-hybridized carbons (Fsp3) is 0.200.